The summed E-state index contributed by atoms with van der Waals surface area (Å²) >= 11 is 6.20. The SMILES string of the molecule is CC(=O)Oc1ccc(-c2ccc(C(=O)OCC(=O)c3cc(C)n(CC4CCCO4)c3C)cc2)cc1Cl. The number of ether oxygens (including phenoxy) is 3. The van der Waals surface area contributed by atoms with Crippen molar-refractivity contribution in [2.24, 2.45) is 0 Å². The molecule has 1 saturated heterocycles. The third kappa shape index (κ3) is 5.86. The van der Waals surface area contributed by atoms with E-state index in [9.17, 15) is 14.4 Å². The van der Waals surface area contributed by atoms with Crippen LogP contribution in [0.1, 0.15) is 51.9 Å². The number of nitrogens with zero attached hydrogens (tertiary/aromatic N) is 1. The van der Waals surface area contributed by atoms with Crippen LogP contribution in [0.5, 0.6) is 5.75 Å². The van der Waals surface area contributed by atoms with Crippen LogP contribution in [0.3, 0.4) is 0 Å². The van der Waals surface area contributed by atoms with Crippen LogP contribution in [0, 0.1) is 13.8 Å². The predicted molar refractivity (Wildman–Crippen MR) is 136 cm³/mol. The number of hydrogen-bond donors (Lipinski definition) is 0. The second kappa shape index (κ2) is 11.1. The number of aryl methyl sites for hydroxylation is 1. The second-order valence-corrected chi connectivity index (χ2v) is 9.25. The Kier molecular flexibility index (Phi) is 7.91. The van der Waals surface area contributed by atoms with E-state index in [1.807, 2.05) is 19.9 Å². The van der Waals surface area contributed by atoms with E-state index in [1.165, 1.54) is 6.92 Å². The van der Waals surface area contributed by atoms with Gasteiger partial charge in [-0.25, -0.2) is 4.79 Å². The molecule has 3 aromatic rings. The molecular formula is C28H28ClNO6. The second-order valence-electron chi connectivity index (χ2n) is 8.85. The van der Waals surface area contributed by atoms with Gasteiger partial charge in [-0.1, -0.05) is 29.8 Å². The van der Waals surface area contributed by atoms with Gasteiger partial charge in [0.2, 0.25) is 5.78 Å². The van der Waals surface area contributed by atoms with Gasteiger partial charge in [0.05, 0.1) is 16.7 Å². The highest BCUT2D eigenvalue weighted by molar-refractivity contribution is 6.32. The average molecular weight is 510 g/mol. The lowest BCUT2D eigenvalue weighted by molar-refractivity contribution is -0.131. The standard InChI is InChI=1S/C28H28ClNO6/c1-17-13-24(18(2)30(17)15-23-5-4-12-34-23)26(32)16-35-28(33)21-8-6-20(7-9-21)22-10-11-27(25(29)14-22)36-19(3)31/h6-11,13-14,23H,4-5,12,15-16H2,1-3H3. The van der Waals surface area contributed by atoms with E-state index in [4.69, 9.17) is 25.8 Å². The highest BCUT2D eigenvalue weighted by atomic mass is 35.5. The zero-order valence-corrected chi connectivity index (χ0v) is 21.3. The molecule has 0 N–H and O–H groups in total. The Morgan fingerprint density at radius 3 is 2.42 bits per heavy atom. The maximum Gasteiger partial charge on any atom is 0.338 e. The molecule has 0 saturated carbocycles. The molecule has 1 atom stereocenters. The van der Waals surface area contributed by atoms with Crippen molar-refractivity contribution in [3.63, 3.8) is 0 Å². The summed E-state index contributed by atoms with van der Waals surface area (Å²) in [5, 5.41) is 0.305. The fraction of sp³-hybridized carbons (Fsp3) is 0.321. The predicted octanol–water partition coefficient (Wildman–Crippen LogP) is 5.57. The lowest BCUT2D eigenvalue weighted by Gasteiger charge is -2.14. The molecule has 0 radical (unpaired) electrons. The quantitative estimate of drug-likeness (QED) is 0.224. The van der Waals surface area contributed by atoms with Crippen LogP contribution in [-0.4, -0.2) is 41.6 Å². The van der Waals surface area contributed by atoms with Crippen molar-refractivity contribution in [2.75, 3.05) is 13.2 Å². The molecule has 1 aliphatic rings. The fourth-order valence-corrected chi connectivity index (χ4v) is 4.58. The molecule has 4 rings (SSSR count). The molecule has 36 heavy (non-hydrogen) atoms. The average Bonchev–Trinajstić information content (AvgIpc) is 3.47. The third-order valence-electron chi connectivity index (χ3n) is 6.26. The summed E-state index contributed by atoms with van der Waals surface area (Å²) in [6.07, 6.45) is 2.24. The monoisotopic (exact) mass is 509 g/mol. The molecule has 8 heteroatoms. The first kappa shape index (κ1) is 25.7. The fourth-order valence-electron chi connectivity index (χ4n) is 4.37. The summed E-state index contributed by atoms with van der Waals surface area (Å²) in [6.45, 7) is 6.33. The lowest BCUT2D eigenvalue weighted by Crippen LogP contribution is -2.18. The van der Waals surface area contributed by atoms with Crippen LogP contribution in [0.15, 0.2) is 48.5 Å². The first-order valence-corrected chi connectivity index (χ1v) is 12.2. The number of ketones is 1. The van der Waals surface area contributed by atoms with E-state index in [0.29, 0.717) is 16.1 Å². The van der Waals surface area contributed by atoms with Crippen molar-refractivity contribution in [1.29, 1.82) is 0 Å². The van der Waals surface area contributed by atoms with Gasteiger partial charge in [0.25, 0.3) is 0 Å². The first-order chi connectivity index (χ1) is 17.2. The summed E-state index contributed by atoms with van der Waals surface area (Å²) in [5.74, 6) is -0.988. The number of Topliss-reactive ketones (excluding diaryl/α,β-unsaturated/α-hetero) is 1. The third-order valence-corrected chi connectivity index (χ3v) is 6.55. The van der Waals surface area contributed by atoms with Crippen molar-refractivity contribution >= 4 is 29.3 Å². The largest absolute Gasteiger partial charge is 0.454 e. The van der Waals surface area contributed by atoms with E-state index in [-0.39, 0.29) is 24.2 Å². The van der Waals surface area contributed by atoms with Crippen LogP contribution >= 0.6 is 11.6 Å². The maximum absolute atomic E-state index is 12.8. The van der Waals surface area contributed by atoms with Crippen molar-refractivity contribution in [3.05, 3.63) is 76.1 Å². The molecule has 0 bridgehead atoms. The number of carbonyl (C=O) groups is 3. The minimum Gasteiger partial charge on any atom is -0.454 e. The molecule has 1 fully saturated rings. The Balaban J connectivity index is 1.37. The summed E-state index contributed by atoms with van der Waals surface area (Å²) in [4.78, 5) is 36.5. The van der Waals surface area contributed by atoms with E-state index >= 15 is 0 Å². The van der Waals surface area contributed by atoms with Crippen molar-refractivity contribution < 1.29 is 28.6 Å². The van der Waals surface area contributed by atoms with Gasteiger partial charge in [0.15, 0.2) is 6.61 Å². The van der Waals surface area contributed by atoms with Gasteiger partial charge in [0, 0.05) is 37.0 Å². The van der Waals surface area contributed by atoms with Gasteiger partial charge in [-0.15, -0.1) is 0 Å². The van der Waals surface area contributed by atoms with Crippen LogP contribution in [0.2, 0.25) is 5.02 Å². The molecule has 0 aliphatic carbocycles. The van der Waals surface area contributed by atoms with Gasteiger partial charge in [-0.2, -0.15) is 0 Å². The normalized spacial score (nSPS) is 15.1. The Hall–Kier alpha value is -3.42. The van der Waals surface area contributed by atoms with Crippen LogP contribution < -0.4 is 4.74 Å². The Morgan fingerprint density at radius 1 is 1.06 bits per heavy atom. The zero-order chi connectivity index (χ0) is 25.8. The number of rotatable bonds is 8. The number of carbonyl (C=O) groups excluding carboxylic acids is 3. The summed E-state index contributed by atoms with van der Waals surface area (Å²) in [5.41, 5.74) is 4.34. The molecule has 2 aromatic carbocycles. The molecule has 0 amide bonds. The summed E-state index contributed by atoms with van der Waals surface area (Å²) in [7, 11) is 0. The molecule has 2 heterocycles. The van der Waals surface area contributed by atoms with Crippen LogP contribution in [-0.2, 0) is 20.8 Å². The first-order valence-electron chi connectivity index (χ1n) is 11.8. The van der Waals surface area contributed by atoms with E-state index < -0.39 is 11.9 Å². The number of benzene rings is 2. The minimum absolute atomic E-state index is 0.168. The highest BCUT2D eigenvalue weighted by Gasteiger charge is 2.22. The smallest absolute Gasteiger partial charge is 0.338 e. The molecule has 7 nitrogen and oxygen atoms in total. The number of esters is 2. The van der Waals surface area contributed by atoms with Gasteiger partial charge in [0.1, 0.15) is 5.75 Å². The van der Waals surface area contributed by atoms with Gasteiger partial charge in [-0.05, 0) is 68.1 Å². The topological polar surface area (TPSA) is 83.8 Å². The van der Waals surface area contributed by atoms with E-state index in [2.05, 4.69) is 4.57 Å². The number of aromatic nitrogens is 1. The number of hydrogen-bond acceptors (Lipinski definition) is 6. The van der Waals surface area contributed by atoms with Gasteiger partial charge >= 0.3 is 11.9 Å². The Morgan fingerprint density at radius 2 is 1.78 bits per heavy atom. The Labute approximate surface area is 214 Å². The van der Waals surface area contributed by atoms with Crippen molar-refractivity contribution in [2.45, 2.75) is 46.3 Å². The van der Waals surface area contributed by atoms with Crippen molar-refractivity contribution in [1.82, 2.24) is 4.57 Å². The molecule has 188 valence electrons. The summed E-state index contributed by atoms with van der Waals surface area (Å²) in [6, 6.07) is 13.7. The molecule has 0 spiro atoms. The van der Waals surface area contributed by atoms with E-state index in [0.717, 1.165) is 48.5 Å². The number of halogens is 1. The molecule has 1 aromatic heterocycles. The Bertz CT molecular complexity index is 1290. The zero-order valence-electron chi connectivity index (χ0n) is 20.5. The molecule has 1 aliphatic heterocycles. The lowest BCUT2D eigenvalue weighted by atomic mass is 10.0. The summed E-state index contributed by atoms with van der Waals surface area (Å²) < 4.78 is 18.2. The van der Waals surface area contributed by atoms with Gasteiger partial charge < -0.3 is 18.8 Å². The maximum atomic E-state index is 12.8. The highest BCUT2D eigenvalue weighted by Crippen LogP contribution is 2.31. The van der Waals surface area contributed by atoms with Crippen LogP contribution in [0.4, 0.5) is 0 Å². The molecule has 1 unspecified atom stereocenters. The molecular weight excluding hydrogens is 482 g/mol. The van der Waals surface area contributed by atoms with Crippen molar-refractivity contribution in [3.8, 4) is 16.9 Å². The minimum atomic E-state index is -0.577. The van der Waals surface area contributed by atoms with Gasteiger partial charge in [-0.3, -0.25) is 9.59 Å². The van der Waals surface area contributed by atoms with E-state index in [1.54, 1.807) is 42.5 Å². The van der Waals surface area contributed by atoms with Crippen LogP contribution in [0.25, 0.3) is 11.1 Å².